The van der Waals surface area contributed by atoms with Crippen LogP contribution in [0, 0.1) is 0 Å². The number of anilines is 1. The molecule has 3 aromatic heterocycles. The number of pyridine rings is 1. The number of aromatic amines is 1. The number of hydrogen-bond acceptors (Lipinski definition) is 6. The van der Waals surface area contributed by atoms with Crippen LogP contribution in [0.15, 0.2) is 55.4 Å². The Morgan fingerprint density at radius 2 is 1.83 bits per heavy atom. The van der Waals surface area contributed by atoms with E-state index in [1.807, 2.05) is 18.3 Å². The monoisotopic (exact) mass is 472 g/mol. The van der Waals surface area contributed by atoms with Crippen LogP contribution >= 0.6 is 0 Å². The lowest BCUT2D eigenvalue weighted by molar-refractivity contribution is -0.114. The van der Waals surface area contributed by atoms with E-state index in [0.29, 0.717) is 0 Å². The van der Waals surface area contributed by atoms with Gasteiger partial charge in [0.15, 0.2) is 5.82 Å². The molecule has 1 aromatic carbocycles. The Balaban J connectivity index is 1.05. The Morgan fingerprint density at radius 1 is 1.06 bits per heavy atom. The molecular formula is C26H32N8O. The summed E-state index contributed by atoms with van der Waals surface area (Å²) in [5, 5.41) is 8.22. The molecule has 1 aliphatic rings. The minimum Gasteiger partial charge on any atom is -0.360 e. The van der Waals surface area contributed by atoms with E-state index in [4.69, 9.17) is 0 Å². The summed E-state index contributed by atoms with van der Waals surface area (Å²) in [7, 11) is 0. The molecule has 1 saturated heterocycles. The van der Waals surface area contributed by atoms with Gasteiger partial charge in [-0.1, -0.05) is 12.1 Å². The van der Waals surface area contributed by atoms with Crippen LogP contribution in [-0.2, 0) is 17.6 Å². The average Bonchev–Trinajstić information content (AvgIpc) is 3.54. The van der Waals surface area contributed by atoms with Crippen molar-refractivity contribution in [2.45, 2.75) is 26.2 Å². The van der Waals surface area contributed by atoms with E-state index in [0.717, 1.165) is 75.6 Å². The van der Waals surface area contributed by atoms with Crippen molar-refractivity contribution in [1.82, 2.24) is 34.5 Å². The van der Waals surface area contributed by atoms with Crippen LogP contribution < -0.4 is 5.32 Å². The number of rotatable bonds is 9. The van der Waals surface area contributed by atoms with Crippen molar-refractivity contribution < 1.29 is 4.79 Å². The molecule has 4 aromatic rings. The smallest absolute Gasteiger partial charge is 0.221 e. The number of aromatic nitrogens is 5. The summed E-state index contributed by atoms with van der Waals surface area (Å²) in [6.45, 7) is 8.20. The minimum atomic E-state index is -0.0355. The highest BCUT2D eigenvalue weighted by Crippen LogP contribution is 2.21. The highest BCUT2D eigenvalue weighted by molar-refractivity contribution is 5.88. The van der Waals surface area contributed by atoms with E-state index in [1.165, 1.54) is 29.8 Å². The number of carbonyl (C=O) groups excluding carboxylic acids is 1. The first kappa shape index (κ1) is 23.2. The van der Waals surface area contributed by atoms with Crippen LogP contribution in [0.25, 0.3) is 16.7 Å². The van der Waals surface area contributed by atoms with Crippen molar-refractivity contribution in [3.63, 3.8) is 0 Å². The van der Waals surface area contributed by atoms with Crippen molar-refractivity contribution >= 4 is 22.5 Å². The van der Waals surface area contributed by atoms with Gasteiger partial charge in [0.25, 0.3) is 0 Å². The predicted molar refractivity (Wildman–Crippen MR) is 137 cm³/mol. The normalized spacial score (nSPS) is 15.0. The summed E-state index contributed by atoms with van der Waals surface area (Å²) in [5.74, 6) is 0.752. The summed E-state index contributed by atoms with van der Waals surface area (Å²) >= 11 is 0. The third kappa shape index (κ3) is 5.93. The molecule has 9 nitrogen and oxygen atoms in total. The van der Waals surface area contributed by atoms with Crippen LogP contribution in [0.2, 0.25) is 0 Å². The van der Waals surface area contributed by atoms with E-state index in [1.54, 1.807) is 11.0 Å². The Kier molecular flexibility index (Phi) is 7.15. The topological polar surface area (TPSA) is 95.0 Å². The number of aryl methyl sites for hydroxylation is 1. The maximum Gasteiger partial charge on any atom is 0.221 e. The first-order valence-electron chi connectivity index (χ1n) is 12.3. The van der Waals surface area contributed by atoms with Crippen LogP contribution in [0.5, 0.6) is 0 Å². The van der Waals surface area contributed by atoms with Gasteiger partial charge in [0, 0.05) is 56.9 Å². The van der Waals surface area contributed by atoms with Gasteiger partial charge in [0.2, 0.25) is 5.91 Å². The molecule has 4 heterocycles. The lowest BCUT2D eigenvalue weighted by Crippen LogP contribution is -2.47. The quantitative estimate of drug-likeness (QED) is 0.389. The highest BCUT2D eigenvalue weighted by atomic mass is 16.1. The Morgan fingerprint density at radius 3 is 2.54 bits per heavy atom. The number of nitrogens with one attached hydrogen (secondary N) is 2. The molecule has 0 bridgehead atoms. The third-order valence-electron chi connectivity index (χ3n) is 6.67. The predicted octanol–water partition coefficient (Wildman–Crippen LogP) is 2.89. The van der Waals surface area contributed by atoms with E-state index in [9.17, 15) is 4.79 Å². The maximum absolute atomic E-state index is 11.2. The van der Waals surface area contributed by atoms with E-state index in [-0.39, 0.29) is 5.91 Å². The second-order valence-electron chi connectivity index (χ2n) is 9.16. The van der Waals surface area contributed by atoms with Gasteiger partial charge < -0.3 is 20.1 Å². The second-order valence-corrected chi connectivity index (χ2v) is 9.16. The zero-order chi connectivity index (χ0) is 24.0. The second kappa shape index (κ2) is 10.8. The molecule has 0 saturated carbocycles. The van der Waals surface area contributed by atoms with E-state index < -0.39 is 0 Å². The first-order valence-corrected chi connectivity index (χ1v) is 12.3. The van der Waals surface area contributed by atoms with Gasteiger partial charge in [-0.05, 0) is 55.1 Å². The van der Waals surface area contributed by atoms with Gasteiger partial charge in [0.1, 0.15) is 12.7 Å². The summed E-state index contributed by atoms with van der Waals surface area (Å²) in [6.07, 6.45) is 10.4. The number of piperazine rings is 1. The maximum atomic E-state index is 11.2. The van der Waals surface area contributed by atoms with Crippen LogP contribution in [0.1, 0.15) is 24.5 Å². The van der Waals surface area contributed by atoms with Gasteiger partial charge in [-0.3, -0.25) is 4.79 Å². The van der Waals surface area contributed by atoms with Crippen molar-refractivity contribution in [2.24, 2.45) is 0 Å². The average molecular weight is 473 g/mol. The Bertz CT molecular complexity index is 1240. The number of fused-ring (bicyclic) bond motifs is 1. The summed E-state index contributed by atoms with van der Waals surface area (Å²) in [4.78, 5) is 28.1. The Hall–Kier alpha value is -3.56. The van der Waals surface area contributed by atoms with Crippen LogP contribution in [0.4, 0.5) is 5.69 Å². The van der Waals surface area contributed by atoms with Gasteiger partial charge in [-0.2, -0.15) is 5.10 Å². The van der Waals surface area contributed by atoms with Gasteiger partial charge in [0.05, 0.1) is 11.7 Å². The lowest BCUT2D eigenvalue weighted by atomic mass is 10.1. The number of hydrogen-bond donors (Lipinski definition) is 2. The molecule has 0 unspecified atom stereocenters. The SMILES string of the molecule is CC(=O)Nc1ccc(CCN2CCN(CCCc3c[nH]c4cnc(-n5cncn5)cc34)CC2)cc1. The lowest BCUT2D eigenvalue weighted by Gasteiger charge is -2.34. The largest absolute Gasteiger partial charge is 0.360 e. The Labute approximate surface area is 205 Å². The molecule has 5 rings (SSSR count). The number of amides is 1. The fourth-order valence-electron chi connectivity index (χ4n) is 4.70. The minimum absolute atomic E-state index is 0.0355. The van der Waals surface area contributed by atoms with Gasteiger partial charge in [-0.15, -0.1) is 0 Å². The number of benzene rings is 1. The molecule has 0 radical (unpaired) electrons. The summed E-state index contributed by atoms with van der Waals surface area (Å²) in [6, 6.07) is 10.3. The van der Waals surface area contributed by atoms with Crippen LogP contribution in [0.3, 0.4) is 0 Å². The number of H-pyrrole nitrogens is 1. The van der Waals surface area contributed by atoms with E-state index >= 15 is 0 Å². The summed E-state index contributed by atoms with van der Waals surface area (Å²) < 4.78 is 1.69. The molecule has 1 amide bonds. The molecular weight excluding hydrogens is 440 g/mol. The first-order chi connectivity index (χ1) is 17.1. The zero-order valence-electron chi connectivity index (χ0n) is 20.2. The van der Waals surface area contributed by atoms with Crippen molar-refractivity contribution in [3.05, 3.63) is 66.5 Å². The van der Waals surface area contributed by atoms with E-state index in [2.05, 4.69) is 59.6 Å². The molecule has 0 atom stereocenters. The molecule has 9 heteroatoms. The highest BCUT2D eigenvalue weighted by Gasteiger charge is 2.16. The third-order valence-corrected chi connectivity index (χ3v) is 6.67. The van der Waals surface area contributed by atoms with Crippen LogP contribution in [-0.4, -0.2) is 79.7 Å². The fourth-order valence-corrected chi connectivity index (χ4v) is 4.70. The standard InChI is InChI=1S/C26H32N8O/c1-20(35)31-23-6-4-21(5-7-23)8-10-33-13-11-32(12-14-33)9-2-3-22-16-28-25-17-29-26(15-24(22)25)34-19-27-18-30-34/h4-7,15-19,28H,2-3,8-14H2,1H3,(H,31,35). The van der Waals surface area contributed by atoms with Gasteiger partial charge >= 0.3 is 0 Å². The summed E-state index contributed by atoms with van der Waals surface area (Å²) in [5.41, 5.74) is 4.55. The van der Waals surface area contributed by atoms with Crippen molar-refractivity contribution in [2.75, 3.05) is 44.6 Å². The molecule has 2 N–H and O–H groups in total. The molecule has 0 aliphatic carbocycles. The molecule has 0 spiro atoms. The number of nitrogens with zero attached hydrogens (tertiary/aromatic N) is 6. The molecule has 1 aliphatic heterocycles. The zero-order valence-corrected chi connectivity index (χ0v) is 20.2. The molecule has 1 fully saturated rings. The molecule has 182 valence electrons. The fraction of sp³-hybridized carbons (Fsp3) is 0.385. The van der Waals surface area contributed by atoms with Crippen molar-refractivity contribution in [3.8, 4) is 5.82 Å². The van der Waals surface area contributed by atoms with Gasteiger partial charge in [-0.25, -0.2) is 14.6 Å². The molecule has 35 heavy (non-hydrogen) atoms. The van der Waals surface area contributed by atoms with Crippen molar-refractivity contribution in [1.29, 1.82) is 0 Å². The number of carbonyl (C=O) groups is 1.